The molecule has 0 bridgehead atoms. The van der Waals surface area contributed by atoms with Crippen molar-refractivity contribution in [1.29, 1.82) is 0 Å². The SMILES string of the molecule is CCc1ccccc1NC(=O)C1CCN(C(=O)N2C[C@H](CC)Oc3ccccc32)CC1. The Morgan fingerprint density at radius 2 is 1.74 bits per heavy atom. The number of nitrogens with one attached hydrogen (secondary N) is 1. The number of aryl methyl sites for hydroxylation is 1. The largest absolute Gasteiger partial charge is 0.486 e. The Balaban J connectivity index is 1.38. The highest BCUT2D eigenvalue weighted by atomic mass is 16.5. The molecule has 1 saturated heterocycles. The number of nitrogens with zero attached hydrogens (tertiary/aromatic N) is 2. The van der Waals surface area contributed by atoms with Gasteiger partial charge in [-0.25, -0.2) is 4.79 Å². The Bertz CT molecular complexity index is 937. The number of urea groups is 1. The fourth-order valence-corrected chi connectivity index (χ4v) is 4.38. The van der Waals surface area contributed by atoms with Crippen LogP contribution in [0.25, 0.3) is 0 Å². The van der Waals surface area contributed by atoms with Gasteiger partial charge in [0.05, 0.1) is 12.2 Å². The van der Waals surface area contributed by atoms with Crippen molar-refractivity contribution in [3.05, 3.63) is 54.1 Å². The van der Waals surface area contributed by atoms with Gasteiger partial charge in [0.2, 0.25) is 5.91 Å². The lowest BCUT2D eigenvalue weighted by molar-refractivity contribution is -0.121. The molecule has 4 rings (SSSR count). The van der Waals surface area contributed by atoms with Gasteiger partial charge in [-0.3, -0.25) is 9.69 Å². The number of hydrogen-bond donors (Lipinski definition) is 1. The number of amides is 3. The zero-order chi connectivity index (χ0) is 21.8. The summed E-state index contributed by atoms with van der Waals surface area (Å²) >= 11 is 0. The molecule has 2 aliphatic heterocycles. The minimum Gasteiger partial charge on any atom is -0.486 e. The molecule has 2 aromatic carbocycles. The molecule has 0 radical (unpaired) electrons. The van der Waals surface area contributed by atoms with Crippen molar-refractivity contribution in [1.82, 2.24) is 4.90 Å². The van der Waals surface area contributed by atoms with Crippen LogP contribution in [0.15, 0.2) is 48.5 Å². The summed E-state index contributed by atoms with van der Waals surface area (Å²) in [4.78, 5) is 29.9. The van der Waals surface area contributed by atoms with Gasteiger partial charge >= 0.3 is 6.03 Å². The molecule has 0 spiro atoms. The number of para-hydroxylation sites is 3. The van der Waals surface area contributed by atoms with Crippen molar-refractivity contribution >= 4 is 23.3 Å². The zero-order valence-electron chi connectivity index (χ0n) is 18.3. The second-order valence-corrected chi connectivity index (χ2v) is 8.27. The Labute approximate surface area is 184 Å². The number of carbonyl (C=O) groups is 2. The highest BCUT2D eigenvalue weighted by Gasteiger charge is 2.34. The second-order valence-electron chi connectivity index (χ2n) is 8.27. The van der Waals surface area contributed by atoms with Crippen LogP contribution in [0.1, 0.15) is 38.7 Å². The van der Waals surface area contributed by atoms with Gasteiger partial charge in [0.25, 0.3) is 0 Å². The maximum absolute atomic E-state index is 13.3. The van der Waals surface area contributed by atoms with E-state index < -0.39 is 0 Å². The molecule has 0 aliphatic carbocycles. The van der Waals surface area contributed by atoms with Crippen molar-refractivity contribution in [2.24, 2.45) is 5.92 Å². The number of ether oxygens (including phenoxy) is 1. The number of benzene rings is 2. The summed E-state index contributed by atoms with van der Waals surface area (Å²) in [6.45, 7) is 5.88. The number of rotatable bonds is 4. The lowest BCUT2D eigenvalue weighted by Gasteiger charge is -2.39. The number of piperidine rings is 1. The molecule has 6 heteroatoms. The van der Waals surface area contributed by atoms with Gasteiger partial charge in [-0.05, 0) is 49.4 Å². The molecule has 2 aliphatic rings. The van der Waals surface area contributed by atoms with E-state index in [4.69, 9.17) is 4.74 Å². The summed E-state index contributed by atoms with van der Waals surface area (Å²) in [7, 11) is 0. The third-order valence-corrected chi connectivity index (χ3v) is 6.31. The number of hydrogen-bond acceptors (Lipinski definition) is 3. The molecule has 3 amide bonds. The normalized spacial score (nSPS) is 18.8. The first kappa shape index (κ1) is 21.2. The molecule has 164 valence electrons. The van der Waals surface area contributed by atoms with Crippen molar-refractivity contribution in [2.45, 2.75) is 45.6 Å². The molecule has 2 aromatic rings. The molecule has 0 unspecified atom stereocenters. The maximum Gasteiger partial charge on any atom is 0.324 e. The quantitative estimate of drug-likeness (QED) is 0.779. The van der Waals surface area contributed by atoms with Crippen LogP contribution in [-0.4, -0.2) is 42.6 Å². The van der Waals surface area contributed by atoms with Gasteiger partial charge in [0.1, 0.15) is 11.9 Å². The van der Waals surface area contributed by atoms with Gasteiger partial charge in [-0.15, -0.1) is 0 Å². The van der Waals surface area contributed by atoms with Crippen molar-refractivity contribution in [2.75, 3.05) is 29.9 Å². The van der Waals surface area contributed by atoms with Crippen LogP contribution in [0.3, 0.4) is 0 Å². The second kappa shape index (κ2) is 9.41. The minimum atomic E-state index is -0.0747. The molecule has 6 nitrogen and oxygen atoms in total. The molecular formula is C25H31N3O3. The third-order valence-electron chi connectivity index (χ3n) is 6.31. The summed E-state index contributed by atoms with van der Waals surface area (Å²) in [5.41, 5.74) is 2.86. The highest BCUT2D eigenvalue weighted by molar-refractivity contribution is 5.95. The van der Waals surface area contributed by atoms with Crippen molar-refractivity contribution < 1.29 is 14.3 Å². The van der Waals surface area contributed by atoms with Crippen molar-refractivity contribution in [3.8, 4) is 5.75 Å². The summed E-state index contributed by atoms with van der Waals surface area (Å²) in [5.74, 6) is 0.739. The van der Waals surface area contributed by atoms with Crippen LogP contribution in [0, 0.1) is 5.92 Å². The third kappa shape index (κ3) is 4.53. The van der Waals surface area contributed by atoms with Crippen molar-refractivity contribution in [3.63, 3.8) is 0 Å². The van der Waals surface area contributed by atoms with Crippen LogP contribution in [0.4, 0.5) is 16.2 Å². The highest BCUT2D eigenvalue weighted by Crippen LogP contribution is 2.35. The first-order valence-electron chi connectivity index (χ1n) is 11.3. The molecule has 1 N–H and O–H groups in total. The Kier molecular flexibility index (Phi) is 6.44. The molecule has 2 heterocycles. The fraction of sp³-hybridized carbons (Fsp3) is 0.440. The van der Waals surface area contributed by atoms with Crippen LogP contribution >= 0.6 is 0 Å². The summed E-state index contributed by atoms with van der Waals surface area (Å²) in [5, 5.41) is 3.10. The minimum absolute atomic E-state index is 0.000741. The Hall–Kier alpha value is -3.02. The van der Waals surface area contributed by atoms with Gasteiger partial charge in [-0.1, -0.05) is 44.2 Å². The molecule has 0 saturated carbocycles. The van der Waals surface area contributed by atoms with E-state index in [1.807, 2.05) is 58.3 Å². The predicted octanol–water partition coefficient (Wildman–Crippen LogP) is 4.70. The predicted molar refractivity (Wildman–Crippen MR) is 123 cm³/mol. The monoisotopic (exact) mass is 421 g/mol. The average molecular weight is 422 g/mol. The number of fused-ring (bicyclic) bond motifs is 1. The fourth-order valence-electron chi connectivity index (χ4n) is 4.38. The van der Waals surface area contributed by atoms with Gasteiger partial charge in [-0.2, -0.15) is 0 Å². The van der Waals surface area contributed by atoms with E-state index in [1.54, 1.807) is 0 Å². The molecule has 1 fully saturated rings. The van der Waals surface area contributed by atoms with E-state index >= 15 is 0 Å². The molecule has 31 heavy (non-hydrogen) atoms. The number of likely N-dealkylation sites (tertiary alicyclic amines) is 1. The zero-order valence-corrected chi connectivity index (χ0v) is 18.3. The Morgan fingerprint density at radius 1 is 1.03 bits per heavy atom. The summed E-state index contributed by atoms with van der Waals surface area (Å²) in [6, 6.07) is 15.7. The van der Waals surface area contributed by atoms with Gasteiger partial charge < -0.3 is 15.0 Å². The van der Waals surface area contributed by atoms with Crippen LogP contribution in [-0.2, 0) is 11.2 Å². The number of carbonyl (C=O) groups excluding carboxylic acids is 2. The topological polar surface area (TPSA) is 61.9 Å². The molecular weight excluding hydrogens is 390 g/mol. The Morgan fingerprint density at radius 3 is 2.48 bits per heavy atom. The smallest absolute Gasteiger partial charge is 0.324 e. The number of anilines is 2. The summed E-state index contributed by atoms with van der Waals surface area (Å²) in [6.07, 6.45) is 3.08. The maximum atomic E-state index is 13.3. The van der Waals surface area contributed by atoms with Crippen LogP contribution < -0.4 is 15.0 Å². The molecule has 1 atom stereocenters. The lowest BCUT2D eigenvalue weighted by Crippen LogP contribution is -2.52. The first-order chi connectivity index (χ1) is 15.1. The molecule has 0 aromatic heterocycles. The first-order valence-corrected chi connectivity index (χ1v) is 11.3. The van der Waals surface area contributed by atoms with E-state index in [1.165, 1.54) is 0 Å². The summed E-state index contributed by atoms with van der Waals surface area (Å²) < 4.78 is 6.01. The van der Waals surface area contributed by atoms with E-state index in [0.717, 1.165) is 35.5 Å². The van der Waals surface area contributed by atoms with Gasteiger partial charge in [0.15, 0.2) is 0 Å². The van der Waals surface area contributed by atoms with E-state index in [0.29, 0.717) is 32.5 Å². The van der Waals surface area contributed by atoms with Gasteiger partial charge in [0, 0.05) is 24.7 Å². The van der Waals surface area contributed by atoms with E-state index in [9.17, 15) is 9.59 Å². The lowest BCUT2D eigenvalue weighted by atomic mass is 9.95. The van der Waals surface area contributed by atoms with E-state index in [2.05, 4.69) is 19.2 Å². The van der Waals surface area contributed by atoms with Crippen LogP contribution in [0.5, 0.6) is 5.75 Å². The standard InChI is InChI=1S/C25H31N3O3/c1-3-18-9-5-6-10-21(18)26-24(29)19-13-15-27(16-14-19)25(30)28-17-20(4-2)31-23-12-8-7-11-22(23)28/h5-12,19-20H,3-4,13-17H2,1-2H3,(H,26,29)/t20-/m0/s1. The van der Waals surface area contributed by atoms with E-state index in [-0.39, 0.29) is 24.0 Å². The average Bonchev–Trinajstić information content (AvgIpc) is 2.83. The van der Waals surface area contributed by atoms with Crippen LogP contribution in [0.2, 0.25) is 0 Å².